The molecule has 2 N–H and O–H groups in total. The van der Waals surface area contributed by atoms with E-state index in [1.807, 2.05) is 18.2 Å². The van der Waals surface area contributed by atoms with E-state index < -0.39 is 5.97 Å². The number of benzene rings is 2. The third kappa shape index (κ3) is 3.30. The Bertz CT molecular complexity index is 643. The molecule has 1 aliphatic carbocycles. The molecule has 2 aromatic carbocycles. The van der Waals surface area contributed by atoms with E-state index in [0.717, 1.165) is 5.69 Å². The Morgan fingerprint density at radius 1 is 0.955 bits per heavy atom. The maximum Gasteiger partial charge on any atom is 0.337 e. The van der Waals surface area contributed by atoms with Crippen LogP contribution in [0.15, 0.2) is 48.5 Å². The second-order valence-corrected chi connectivity index (χ2v) is 5.93. The Balaban J connectivity index is 1.75. The second-order valence-electron chi connectivity index (χ2n) is 5.93. The molecule has 0 aromatic heterocycles. The molecule has 0 spiro atoms. The number of hydrogen-bond acceptors (Lipinski definition) is 2. The van der Waals surface area contributed by atoms with E-state index in [4.69, 9.17) is 0 Å². The van der Waals surface area contributed by atoms with Crippen LogP contribution in [0.5, 0.6) is 0 Å². The molecule has 114 valence electrons. The van der Waals surface area contributed by atoms with Crippen molar-refractivity contribution in [2.24, 2.45) is 0 Å². The molecule has 1 fully saturated rings. The smallest absolute Gasteiger partial charge is 0.337 e. The van der Waals surface area contributed by atoms with E-state index in [9.17, 15) is 9.90 Å². The summed E-state index contributed by atoms with van der Waals surface area (Å²) in [6.45, 7) is 0. The molecule has 0 heterocycles. The lowest BCUT2D eigenvalue weighted by Crippen LogP contribution is -2.05. The molecule has 0 bridgehead atoms. The normalized spacial score (nSPS) is 15.5. The first-order valence-electron chi connectivity index (χ1n) is 7.93. The van der Waals surface area contributed by atoms with Gasteiger partial charge in [0.2, 0.25) is 0 Å². The lowest BCUT2D eigenvalue weighted by atomic mass is 9.84. The van der Waals surface area contributed by atoms with E-state index >= 15 is 0 Å². The van der Waals surface area contributed by atoms with E-state index in [1.54, 1.807) is 18.2 Å². The zero-order chi connectivity index (χ0) is 15.4. The van der Waals surface area contributed by atoms with Crippen molar-refractivity contribution in [1.82, 2.24) is 0 Å². The molecule has 3 heteroatoms. The number of hydrogen-bond donors (Lipinski definition) is 2. The molecule has 0 radical (unpaired) electrons. The summed E-state index contributed by atoms with van der Waals surface area (Å²) in [5, 5.41) is 12.4. The maximum absolute atomic E-state index is 11.2. The van der Waals surface area contributed by atoms with Gasteiger partial charge in [0.1, 0.15) is 0 Å². The molecule has 0 atom stereocenters. The van der Waals surface area contributed by atoms with Gasteiger partial charge in [0.05, 0.1) is 11.3 Å². The molecule has 3 nitrogen and oxygen atoms in total. The number of nitrogens with one attached hydrogen (secondary N) is 1. The summed E-state index contributed by atoms with van der Waals surface area (Å²) in [7, 11) is 0. The molecular formula is C19H21NO2. The predicted molar refractivity (Wildman–Crippen MR) is 89.0 cm³/mol. The average molecular weight is 295 g/mol. The highest BCUT2D eigenvalue weighted by Gasteiger charge is 2.15. The minimum atomic E-state index is -0.915. The van der Waals surface area contributed by atoms with Gasteiger partial charge in [-0.25, -0.2) is 4.79 Å². The van der Waals surface area contributed by atoms with Gasteiger partial charge in [0.25, 0.3) is 0 Å². The number of para-hydroxylation sites is 1. The highest BCUT2D eigenvalue weighted by Crippen LogP contribution is 2.33. The maximum atomic E-state index is 11.2. The molecule has 0 amide bonds. The minimum Gasteiger partial charge on any atom is -0.478 e. The minimum absolute atomic E-state index is 0.291. The first-order valence-corrected chi connectivity index (χ1v) is 7.93. The van der Waals surface area contributed by atoms with Gasteiger partial charge >= 0.3 is 5.97 Å². The zero-order valence-electron chi connectivity index (χ0n) is 12.6. The molecule has 22 heavy (non-hydrogen) atoms. The topological polar surface area (TPSA) is 49.3 Å². The van der Waals surface area contributed by atoms with Gasteiger partial charge in [0, 0.05) is 5.69 Å². The van der Waals surface area contributed by atoms with Crippen LogP contribution in [0, 0.1) is 0 Å². The lowest BCUT2D eigenvalue weighted by molar-refractivity contribution is 0.0698. The van der Waals surface area contributed by atoms with Crippen molar-refractivity contribution in [1.29, 1.82) is 0 Å². The summed E-state index contributed by atoms with van der Waals surface area (Å²) >= 11 is 0. The van der Waals surface area contributed by atoms with E-state index in [2.05, 4.69) is 17.4 Å². The number of carboxylic acids is 1. The molecule has 0 unspecified atom stereocenters. The van der Waals surface area contributed by atoms with Crippen LogP contribution in [0.3, 0.4) is 0 Å². The van der Waals surface area contributed by atoms with Gasteiger partial charge in [-0.1, -0.05) is 43.5 Å². The van der Waals surface area contributed by atoms with Gasteiger partial charge in [-0.3, -0.25) is 0 Å². The standard InChI is InChI=1S/C19H21NO2/c21-19(22)17-8-4-5-9-18(17)20-16-12-10-15(11-13-16)14-6-2-1-3-7-14/h4-5,8-14,20H,1-3,6-7H2,(H,21,22). The number of anilines is 2. The summed E-state index contributed by atoms with van der Waals surface area (Å²) in [6.07, 6.45) is 6.60. The van der Waals surface area contributed by atoms with Crippen LogP contribution in [0.25, 0.3) is 0 Å². The van der Waals surface area contributed by atoms with Gasteiger partial charge in [-0.2, -0.15) is 0 Å². The Kier molecular flexibility index (Phi) is 4.42. The van der Waals surface area contributed by atoms with Gasteiger partial charge in [0.15, 0.2) is 0 Å². The predicted octanol–water partition coefficient (Wildman–Crippen LogP) is 5.18. The summed E-state index contributed by atoms with van der Waals surface area (Å²) in [5.74, 6) is -0.226. The van der Waals surface area contributed by atoms with Gasteiger partial charge < -0.3 is 10.4 Å². The van der Waals surface area contributed by atoms with Crippen LogP contribution >= 0.6 is 0 Å². The highest BCUT2D eigenvalue weighted by atomic mass is 16.4. The average Bonchev–Trinajstić information content (AvgIpc) is 2.57. The number of rotatable bonds is 4. The van der Waals surface area contributed by atoms with Gasteiger partial charge in [-0.05, 0) is 48.6 Å². The summed E-state index contributed by atoms with van der Waals surface area (Å²) in [4.78, 5) is 11.2. The van der Waals surface area contributed by atoms with Crippen molar-refractivity contribution >= 4 is 17.3 Å². The third-order valence-electron chi connectivity index (χ3n) is 4.42. The van der Waals surface area contributed by atoms with Crippen molar-refractivity contribution in [3.8, 4) is 0 Å². The Labute approximate surface area is 131 Å². The summed E-state index contributed by atoms with van der Waals surface area (Å²) < 4.78 is 0. The quantitative estimate of drug-likeness (QED) is 0.817. The zero-order valence-corrected chi connectivity index (χ0v) is 12.6. The number of carbonyl (C=O) groups is 1. The monoisotopic (exact) mass is 295 g/mol. The van der Waals surface area contributed by atoms with Crippen LogP contribution in [-0.2, 0) is 0 Å². The van der Waals surface area contributed by atoms with E-state index in [-0.39, 0.29) is 0 Å². The van der Waals surface area contributed by atoms with Crippen LogP contribution in [0.2, 0.25) is 0 Å². The molecule has 2 aromatic rings. The number of aromatic carboxylic acids is 1. The third-order valence-corrected chi connectivity index (χ3v) is 4.42. The van der Waals surface area contributed by atoms with Crippen molar-refractivity contribution in [3.63, 3.8) is 0 Å². The van der Waals surface area contributed by atoms with Gasteiger partial charge in [-0.15, -0.1) is 0 Å². The van der Waals surface area contributed by atoms with Crippen LogP contribution < -0.4 is 5.32 Å². The first kappa shape index (κ1) is 14.6. The van der Waals surface area contributed by atoms with Crippen molar-refractivity contribution < 1.29 is 9.90 Å². The lowest BCUT2D eigenvalue weighted by Gasteiger charge is -2.22. The van der Waals surface area contributed by atoms with E-state index in [0.29, 0.717) is 17.2 Å². The fourth-order valence-electron chi connectivity index (χ4n) is 3.21. The molecular weight excluding hydrogens is 274 g/mol. The summed E-state index contributed by atoms with van der Waals surface area (Å²) in [6, 6.07) is 15.4. The Morgan fingerprint density at radius 2 is 1.64 bits per heavy atom. The molecule has 0 aliphatic heterocycles. The Morgan fingerprint density at radius 3 is 2.32 bits per heavy atom. The number of carboxylic acid groups (broad SMARTS) is 1. The first-order chi connectivity index (χ1) is 10.7. The molecule has 1 saturated carbocycles. The molecule has 0 saturated heterocycles. The van der Waals surface area contributed by atoms with Crippen LogP contribution in [0.4, 0.5) is 11.4 Å². The van der Waals surface area contributed by atoms with Crippen molar-refractivity contribution in [2.45, 2.75) is 38.0 Å². The molecule has 1 aliphatic rings. The second kappa shape index (κ2) is 6.65. The van der Waals surface area contributed by atoms with Crippen molar-refractivity contribution in [2.75, 3.05) is 5.32 Å². The van der Waals surface area contributed by atoms with E-state index in [1.165, 1.54) is 37.7 Å². The van der Waals surface area contributed by atoms with Crippen LogP contribution in [0.1, 0.15) is 53.9 Å². The Hall–Kier alpha value is -2.29. The SMILES string of the molecule is O=C(O)c1ccccc1Nc1ccc(C2CCCCC2)cc1. The summed E-state index contributed by atoms with van der Waals surface area (Å²) in [5.41, 5.74) is 3.24. The largest absolute Gasteiger partial charge is 0.478 e. The molecule has 3 rings (SSSR count). The fourth-order valence-corrected chi connectivity index (χ4v) is 3.21. The fraction of sp³-hybridized carbons (Fsp3) is 0.316. The van der Waals surface area contributed by atoms with Crippen molar-refractivity contribution in [3.05, 3.63) is 59.7 Å². The highest BCUT2D eigenvalue weighted by molar-refractivity contribution is 5.95. The van der Waals surface area contributed by atoms with Crippen LogP contribution in [-0.4, -0.2) is 11.1 Å².